The van der Waals surface area contributed by atoms with E-state index in [0.717, 1.165) is 12.8 Å². The zero-order chi connectivity index (χ0) is 10.5. The monoisotopic (exact) mass is 198 g/mol. The molecule has 0 aliphatic rings. The molecule has 14 heavy (non-hydrogen) atoms. The average molecular weight is 198 g/mol. The summed E-state index contributed by atoms with van der Waals surface area (Å²) >= 11 is 0. The first kappa shape index (κ1) is 13.7. The van der Waals surface area contributed by atoms with Crippen molar-refractivity contribution in [1.82, 2.24) is 0 Å². The molecule has 0 aliphatic heterocycles. The minimum Gasteiger partial charge on any atom is -0.396 e. The minimum atomic E-state index is 0.321. The van der Waals surface area contributed by atoms with Crippen molar-refractivity contribution < 1.29 is 5.11 Å². The van der Waals surface area contributed by atoms with Crippen molar-refractivity contribution in [2.75, 3.05) is 6.61 Å². The van der Waals surface area contributed by atoms with Crippen molar-refractivity contribution in [1.29, 1.82) is 0 Å². The molecule has 0 saturated heterocycles. The number of rotatable bonds is 10. The summed E-state index contributed by atoms with van der Waals surface area (Å²) in [6.07, 6.45) is 15.9. The van der Waals surface area contributed by atoms with Crippen molar-refractivity contribution in [2.45, 2.75) is 64.7 Å². The first-order chi connectivity index (χ1) is 6.91. The van der Waals surface area contributed by atoms with E-state index in [1.54, 1.807) is 0 Å². The van der Waals surface area contributed by atoms with Gasteiger partial charge in [-0.05, 0) is 25.7 Å². The van der Waals surface area contributed by atoms with Crippen LogP contribution in [0.2, 0.25) is 0 Å². The molecule has 1 N–H and O–H groups in total. The number of hydrogen-bond acceptors (Lipinski definition) is 1. The Morgan fingerprint density at radius 2 is 1.36 bits per heavy atom. The standard InChI is InChI=1S/C13H26O/c1-2-3-4-5-6-7-8-9-10-11-12-13-14/h9-10,14H,2-8,11-13H2,1H3/b10-9+. The number of allylic oxidation sites excluding steroid dienone is 2. The molecule has 0 aromatic heterocycles. The fourth-order valence-electron chi connectivity index (χ4n) is 1.49. The maximum absolute atomic E-state index is 8.56. The van der Waals surface area contributed by atoms with Gasteiger partial charge in [0.1, 0.15) is 0 Å². The van der Waals surface area contributed by atoms with E-state index < -0.39 is 0 Å². The van der Waals surface area contributed by atoms with Crippen LogP contribution in [-0.4, -0.2) is 11.7 Å². The van der Waals surface area contributed by atoms with Gasteiger partial charge in [-0.15, -0.1) is 0 Å². The lowest BCUT2D eigenvalue weighted by molar-refractivity contribution is 0.289. The zero-order valence-electron chi connectivity index (χ0n) is 9.67. The van der Waals surface area contributed by atoms with Gasteiger partial charge < -0.3 is 5.11 Å². The Bertz CT molecular complexity index is 118. The van der Waals surface area contributed by atoms with Gasteiger partial charge in [0.2, 0.25) is 0 Å². The molecule has 0 spiro atoms. The van der Waals surface area contributed by atoms with E-state index in [9.17, 15) is 0 Å². The highest BCUT2D eigenvalue weighted by molar-refractivity contribution is 4.81. The summed E-state index contributed by atoms with van der Waals surface area (Å²) < 4.78 is 0. The second-order valence-corrected chi connectivity index (χ2v) is 3.89. The molecule has 0 heterocycles. The number of unbranched alkanes of at least 4 members (excludes halogenated alkanes) is 7. The molecule has 0 atom stereocenters. The maximum Gasteiger partial charge on any atom is 0.0433 e. The van der Waals surface area contributed by atoms with Crippen LogP contribution >= 0.6 is 0 Å². The summed E-state index contributed by atoms with van der Waals surface area (Å²) in [6.45, 7) is 2.57. The third kappa shape index (κ3) is 11.7. The van der Waals surface area contributed by atoms with E-state index in [0.29, 0.717) is 6.61 Å². The molecule has 0 rings (SSSR count). The van der Waals surface area contributed by atoms with E-state index in [4.69, 9.17) is 5.11 Å². The molecule has 84 valence electrons. The summed E-state index contributed by atoms with van der Waals surface area (Å²) in [5.41, 5.74) is 0. The summed E-state index contributed by atoms with van der Waals surface area (Å²) in [5, 5.41) is 8.56. The molecular formula is C13H26O. The lowest BCUT2D eigenvalue weighted by atomic mass is 10.1. The van der Waals surface area contributed by atoms with Gasteiger partial charge in [0.15, 0.2) is 0 Å². The summed E-state index contributed by atoms with van der Waals surface area (Å²) in [5.74, 6) is 0. The van der Waals surface area contributed by atoms with Crippen LogP contribution in [-0.2, 0) is 0 Å². The molecule has 0 bridgehead atoms. The Kier molecular flexibility index (Phi) is 12.4. The highest BCUT2D eigenvalue weighted by atomic mass is 16.2. The van der Waals surface area contributed by atoms with Crippen LogP contribution in [0.3, 0.4) is 0 Å². The Hall–Kier alpha value is -0.300. The molecule has 0 fully saturated rings. The fourth-order valence-corrected chi connectivity index (χ4v) is 1.49. The molecule has 0 unspecified atom stereocenters. The fraction of sp³-hybridized carbons (Fsp3) is 0.846. The molecule has 0 radical (unpaired) electrons. The Labute approximate surface area is 89.2 Å². The molecule has 0 saturated carbocycles. The smallest absolute Gasteiger partial charge is 0.0433 e. The van der Waals surface area contributed by atoms with Gasteiger partial charge in [0.05, 0.1) is 0 Å². The molecular weight excluding hydrogens is 172 g/mol. The van der Waals surface area contributed by atoms with E-state index >= 15 is 0 Å². The highest BCUT2D eigenvalue weighted by Gasteiger charge is 1.87. The van der Waals surface area contributed by atoms with E-state index in [-0.39, 0.29) is 0 Å². The van der Waals surface area contributed by atoms with E-state index in [1.165, 1.54) is 44.9 Å². The maximum atomic E-state index is 8.56. The van der Waals surface area contributed by atoms with Crippen molar-refractivity contribution in [3.8, 4) is 0 Å². The minimum absolute atomic E-state index is 0.321. The van der Waals surface area contributed by atoms with Crippen molar-refractivity contribution >= 4 is 0 Å². The molecule has 1 nitrogen and oxygen atoms in total. The molecule has 0 aromatic carbocycles. The third-order valence-corrected chi connectivity index (χ3v) is 2.42. The highest BCUT2D eigenvalue weighted by Crippen LogP contribution is 2.07. The number of hydrogen-bond donors (Lipinski definition) is 1. The van der Waals surface area contributed by atoms with Gasteiger partial charge in [0, 0.05) is 6.61 Å². The van der Waals surface area contributed by atoms with E-state index in [1.807, 2.05) is 0 Å². The van der Waals surface area contributed by atoms with Crippen molar-refractivity contribution in [3.63, 3.8) is 0 Å². The lowest BCUT2D eigenvalue weighted by Gasteiger charge is -1.97. The Balaban J connectivity index is 2.94. The number of aliphatic hydroxyl groups excluding tert-OH is 1. The lowest BCUT2D eigenvalue weighted by Crippen LogP contribution is -1.79. The van der Waals surface area contributed by atoms with E-state index in [2.05, 4.69) is 19.1 Å². The predicted molar refractivity (Wildman–Crippen MR) is 63.5 cm³/mol. The topological polar surface area (TPSA) is 20.2 Å². The van der Waals surface area contributed by atoms with Crippen LogP contribution in [0, 0.1) is 0 Å². The van der Waals surface area contributed by atoms with Gasteiger partial charge in [-0.3, -0.25) is 0 Å². The summed E-state index contributed by atoms with van der Waals surface area (Å²) in [6, 6.07) is 0. The van der Waals surface area contributed by atoms with Crippen molar-refractivity contribution in [2.24, 2.45) is 0 Å². The van der Waals surface area contributed by atoms with Crippen LogP contribution in [0.25, 0.3) is 0 Å². The second-order valence-electron chi connectivity index (χ2n) is 3.89. The van der Waals surface area contributed by atoms with Gasteiger partial charge in [0.25, 0.3) is 0 Å². The van der Waals surface area contributed by atoms with Crippen LogP contribution < -0.4 is 0 Å². The molecule has 0 aromatic rings. The zero-order valence-corrected chi connectivity index (χ0v) is 9.67. The molecule has 1 heteroatoms. The van der Waals surface area contributed by atoms with Gasteiger partial charge >= 0.3 is 0 Å². The number of aliphatic hydroxyl groups is 1. The first-order valence-electron chi connectivity index (χ1n) is 6.17. The van der Waals surface area contributed by atoms with Crippen LogP contribution in [0.1, 0.15) is 64.7 Å². The third-order valence-electron chi connectivity index (χ3n) is 2.42. The molecule has 0 amide bonds. The second kappa shape index (κ2) is 12.7. The normalized spacial score (nSPS) is 11.3. The van der Waals surface area contributed by atoms with Crippen LogP contribution in [0.15, 0.2) is 12.2 Å². The average Bonchev–Trinajstić information content (AvgIpc) is 2.21. The largest absolute Gasteiger partial charge is 0.396 e. The van der Waals surface area contributed by atoms with Crippen LogP contribution in [0.4, 0.5) is 0 Å². The summed E-state index contributed by atoms with van der Waals surface area (Å²) in [4.78, 5) is 0. The van der Waals surface area contributed by atoms with Crippen molar-refractivity contribution in [3.05, 3.63) is 12.2 Å². The van der Waals surface area contributed by atoms with Gasteiger partial charge in [-0.1, -0.05) is 51.2 Å². The first-order valence-corrected chi connectivity index (χ1v) is 6.17. The molecule has 0 aliphatic carbocycles. The Morgan fingerprint density at radius 1 is 0.786 bits per heavy atom. The van der Waals surface area contributed by atoms with Crippen LogP contribution in [0.5, 0.6) is 0 Å². The van der Waals surface area contributed by atoms with Gasteiger partial charge in [-0.2, -0.15) is 0 Å². The van der Waals surface area contributed by atoms with Gasteiger partial charge in [-0.25, -0.2) is 0 Å². The quantitative estimate of drug-likeness (QED) is 0.414. The SMILES string of the molecule is CCCCCCCC/C=C/CCCO. The Morgan fingerprint density at radius 3 is 2.00 bits per heavy atom. The predicted octanol–water partition coefficient (Wildman–Crippen LogP) is 4.07. The summed E-state index contributed by atoms with van der Waals surface area (Å²) in [7, 11) is 0.